The van der Waals surface area contributed by atoms with Gasteiger partial charge in [0.25, 0.3) is 5.91 Å². The average molecular weight is 536 g/mol. The van der Waals surface area contributed by atoms with E-state index in [1.165, 1.54) is 7.11 Å². The van der Waals surface area contributed by atoms with Crippen LogP contribution >= 0.6 is 0 Å². The molecule has 0 radical (unpaired) electrons. The molecule has 0 bridgehead atoms. The first-order chi connectivity index (χ1) is 18.7. The Labute approximate surface area is 231 Å². The molecule has 0 unspecified atom stereocenters. The predicted molar refractivity (Wildman–Crippen MR) is 152 cm³/mol. The van der Waals surface area contributed by atoms with Crippen molar-refractivity contribution in [1.82, 2.24) is 15.5 Å². The fourth-order valence-corrected chi connectivity index (χ4v) is 5.03. The molecule has 1 heterocycles. The van der Waals surface area contributed by atoms with Gasteiger partial charge in [-0.2, -0.15) is 0 Å². The van der Waals surface area contributed by atoms with E-state index < -0.39 is 17.7 Å². The standard InChI is InChI=1S/C30H41N5O4/c1-5-24(32-26(36)25(33-29(38)39-4)19-22-13-8-6-9-14-22)17-12-18-35-27(37)30(20-21(2)3,34-28(35)31)23-15-10-7-11-16-23/h6-11,13-16,21,24-25H,5,12,17-20H2,1-4H3,(H2,31,34)(H,32,36)(H,33,38)/t24-,25-,30+/m0/s1. The maximum Gasteiger partial charge on any atom is 0.407 e. The molecule has 210 valence electrons. The largest absolute Gasteiger partial charge is 0.453 e. The molecule has 0 aliphatic carbocycles. The van der Waals surface area contributed by atoms with E-state index in [2.05, 4.69) is 24.5 Å². The molecule has 0 fully saturated rings. The van der Waals surface area contributed by atoms with Crippen LogP contribution in [0.1, 0.15) is 57.6 Å². The number of nitrogens with two attached hydrogens (primary N) is 1. The maximum atomic E-state index is 13.7. The molecule has 3 atom stereocenters. The summed E-state index contributed by atoms with van der Waals surface area (Å²) in [5.41, 5.74) is 7.05. The van der Waals surface area contributed by atoms with Crippen molar-refractivity contribution in [1.29, 1.82) is 0 Å². The van der Waals surface area contributed by atoms with Gasteiger partial charge in [0.1, 0.15) is 6.04 Å². The lowest BCUT2D eigenvalue weighted by molar-refractivity contribution is -0.132. The van der Waals surface area contributed by atoms with E-state index >= 15 is 0 Å². The fourth-order valence-electron chi connectivity index (χ4n) is 5.03. The molecule has 1 aliphatic heterocycles. The van der Waals surface area contributed by atoms with Gasteiger partial charge in [0.05, 0.1) is 7.11 Å². The van der Waals surface area contributed by atoms with Crippen molar-refractivity contribution in [3.05, 3.63) is 71.8 Å². The average Bonchev–Trinajstić information content (AvgIpc) is 3.17. The quantitative estimate of drug-likeness (QED) is 0.360. The summed E-state index contributed by atoms with van der Waals surface area (Å²) in [6, 6.07) is 18.2. The molecule has 3 rings (SSSR count). The third-order valence-corrected chi connectivity index (χ3v) is 6.99. The molecular weight excluding hydrogens is 494 g/mol. The fraction of sp³-hybridized carbons (Fsp3) is 0.467. The zero-order valence-electron chi connectivity index (χ0n) is 23.4. The van der Waals surface area contributed by atoms with Crippen molar-refractivity contribution in [2.45, 2.75) is 70.5 Å². The highest BCUT2D eigenvalue weighted by atomic mass is 16.5. The Morgan fingerprint density at radius 1 is 1.05 bits per heavy atom. The second kappa shape index (κ2) is 13.8. The van der Waals surface area contributed by atoms with Crippen molar-refractivity contribution in [3.8, 4) is 0 Å². The summed E-state index contributed by atoms with van der Waals surface area (Å²) in [7, 11) is 1.27. The van der Waals surface area contributed by atoms with Gasteiger partial charge < -0.3 is 21.1 Å². The third-order valence-electron chi connectivity index (χ3n) is 6.99. The topological polar surface area (TPSA) is 126 Å². The lowest BCUT2D eigenvalue weighted by atomic mass is 9.82. The Bertz CT molecular complexity index is 1140. The van der Waals surface area contributed by atoms with Crippen molar-refractivity contribution in [2.24, 2.45) is 16.6 Å². The Morgan fingerprint density at radius 2 is 1.69 bits per heavy atom. The zero-order valence-corrected chi connectivity index (χ0v) is 23.4. The number of nitrogens with zero attached hydrogens (tertiary/aromatic N) is 2. The first-order valence-electron chi connectivity index (χ1n) is 13.6. The van der Waals surface area contributed by atoms with Gasteiger partial charge in [-0.15, -0.1) is 0 Å². The lowest BCUT2D eigenvalue weighted by Crippen LogP contribution is -2.50. The highest BCUT2D eigenvalue weighted by Crippen LogP contribution is 2.38. The van der Waals surface area contributed by atoms with E-state index in [0.717, 1.165) is 11.1 Å². The monoisotopic (exact) mass is 535 g/mol. The SMILES string of the molecule is CC[C@@H](CCCN1C(=O)[C@@](CC(C)C)(c2ccccc2)N=C1N)NC(=O)[C@H](Cc1ccccc1)NC(=O)OC. The highest BCUT2D eigenvalue weighted by molar-refractivity contribution is 6.07. The highest BCUT2D eigenvalue weighted by Gasteiger charge is 2.49. The normalized spacial score (nSPS) is 18.4. The van der Waals surface area contributed by atoms with Crippen LogP contribution in [0.4, 0.5) is 4.79 Å². The molecule has 1 aliphatic rings. The second-order valence-corrected chi connectivity index (χ2v) is 10.4. The summed E-state index contributed by atoms with van der Waals surface area (Å²) >= 11 is 0. The molecule has 2 aromatic rings. The number of carbonyl (C=O) groups excluding carboxylic acids is 3. The number of amides is 3. The minimum atomic E-state index is -1.01. The number of methoxy groups -OCH3 is 1. The third kappa shape index (κ3) is 7.59. The van der Waals surface area contributed by atoms with Gasteiger partial charge in [0.15, 0.2) is 11.5 Å². The van der Waals surface area contributed by atoms with Gasteiger partial charge in [-0.3, -0.25) is 14.5 Å². The molecule has 39 heavy (non-hydrogen) atoms. The number of benzene rings is 2. The summed E-state index contributed by atoms with van der Waals surface area (Å²) in [6.07, 6.45) is 2.20. The Balaban J connectivity index is 1.63. The first kappa shape index (κ1) is 29.7. The molecule has 0 aromatic heterocycles. The molecule has 2 aromatic carbocycles. The van der Waals surface area contributed by atoms with E-state index in [1.54, 1.807) is 4.90 Å². The number of hydrogen-bond acceptors (Lipinski definition) is 6. The molecule has 3 amide bonds. The van der Waals surface area contributed by atoms with Crippen LogP contribution in [0, 0.1) is 5.92 Å². The molecule has 9 nitrogen and oxygen atoms in total. The number of nitrogens with one attached hydrogen (secondary N) is 2. The van der Waals surface area contributed by atoms with Gasteiger partial charge >= 0.3 is 6.09 Å². The Hall–Kier alpha value is -3.88. The minimum absolute atomic E-state index is 0.109. The van der Waals surface area contributed by atoms with Gasteiger partial charge in [-0.05, 0) is 42.7 Å². The summed E-state index contributed by atoms with van der Waals surface area (Å²) < 4.78 is 4.72. The number of carbonyl (C=O) groups is 3. The number of aliphatic imine (C=N–C) groups is 1. The van der Waals surface area contributed by atoms with Crippen LogP contribution in [-0.2, 0) is 26.3 Å². The molecule has 0 saturated heterocycles. The van der Waals surface area contributed by atoms with Gasteiger partial charge in [0, 0.05) is 19.0 Å². The minimum Gasteiger partial charge on any atom is -0.453 e. The molecular formula is C30H41N5O4. The van der Waals surface area contributed by atoms with Crippen LogP contribution in [0.5, 0.6) is 0 Å². The van der Waals surface area contributed by atoms with Crippen molar-refractivity contribution in [2.75, 3.05) is 13.7 Å². The second-order valence-electron chi connectivity index (χ2n) is 10.4. The van der Waals surface area contributed by atoms with Crippen LogP contribution in [0.25, 0.3) is 0 Å². The lowest BCUT2D eigenvalue weighted by Gasteiger charge is -2.28. The summed E-state index contributed by atoms with van der Waals surface area (Å²) in [5, 5.41) is 5.70. The number of rotatable bonds is 13. The number of alkyl carbamates (subject to hydrolysis) is 1. The number of hydrogen-bond donors (Lipinski definition) is 3. The van der Waals surface area contributed by atoms with Crippen molar-refractivity contribution in [3.63, 3.8) is 0 Å². The Kier molecular flexibility index (Phi) is 10.5. The van der Waals surface area contributed by atoms with Gasteiger partial charge in [-0.25, -0.2) is 9.79 Å². The van der Waals surface area contributed by atoms with Crippen LogP contribution < -0.4 is 16.4 Å². The predicted octanol–water partition coefficient (Wildman–Crippen LogP) is 3.73. The number of ether oxygens (including phenoxy) is 1. The van der Waals surface area contributed by atoms with Crippen LogP contribution in [0.15, 0.2) is 65.7 Å². The molecule has 4 N–H and O–H groups in total. The molecule has 0 saturated carbocycles. The van der Waals surface area contributed by atoms with E-state index in [0.29, 0.717) is 38.6 Å². The van der Waals surface area contributed by atoms with Crippen molar-refractivity contribution < 1.29 is 19.1 Å². The van der Waals surface area contributed by atoms with E-state index in [9.17, 15) is 14.4 Å². The number of guanidine groups is 1. The molecule has 9 heteroatoms. The first-order valence-corrected chi connectivity index (χ1v) is 13.6. The van der Waals surface area contributed by atoms with E-state index in [4.69, 9.17) is 15.5 Å². The zero-order chi connectivity index (χ0) is 28.4. The summed E-state index contributed by atoms with van der Waals surface area (Å²) in [4.78, 5) is 45.0. The smallest absolute Gasteiger partial charge is 0.407 e. The summed E-state index contributed by atoms with van der Waals surface area (Å²) in [5.74, 6) is 0.0798. The maximum absolute atomic E-state index is 13.7. The van der Waals surface area contributed by atoms with Gasteiger partial charge in [0.2, 0.25) is 5.91 Å². The molecule has 0 spiro atoms. The van der Waals surface area contributed by atoms with E-state index in [-0.39, 0.29) is 29.7 Å². The van der Waals surface area contributed by atoms with E-state index in [1.807, 2.05) is 67.6 Å². The van der Waals surface area contributed by atoms with Crippen LogP contribution in [-0.4, -0.2) is 54.5 Å². The van der Waals surface area contributed by atoms with Crippen LogP contribution in [0.3, 0.4) is 0 Å². The Morgan fingerprint density at radius 3 is 2.28 bits per heavy atom. The van der Waals surface area contributed by atoms with Gasteiger partial charge in [-0.1, -0.05) is 81.4 Å². The summed E-state index contributed by atoms with van der Waals surface area (Å²) in [6.45, 7) is 6.54. The van der Waals surface area contributed by atoms with Crippen LogP contribution in [0.2, 0.25) is 0 Å². The van der Waals surface area contributed by atoms with Crippen molar-refractivity contribution >= 4 is 23.9 Å².